The SMILES string of the molecule is N#Cc1cccc(CS(=O)(=O)NC2CCC(C(=O)O)C2)c1. The van der Waals surface area contributed by atoms with Gasteiger partial charge in [0.1, 0.15) is 0 Å². The second-order valence-electron chi connectivity index (χ2n) is 5.23. The quantitative estimate of drug-likeness (QED) is 0.850. The predicted molar refractivity (Wildman–Crippen MR) is 75.7 cm³/mol. The molecule has 1 saturated carbocycles. The molecule has 1 fully saturated rings. The van der Waals surface area contributed by atoms with Gasteiger partial charge in [0.25, 0.3) is 0 Å². The van der Waals surface area contributed by atoms with Gasteiger partial charge in [-0.2, -0.15) is 5.26 Å². The Balaban J connectivity index is 1.99. The summed E-state index contributed by atoms with van der Waals surface area (Å²) in [5.74, 6) is -1.56. The Bertz CT molecular complexity index is 678. The first-order chi connectivity index (χ1) is 9.89. The maximum Gasteiger partial charge on any atom is 0.306 e. The number of hydrogen-bond donors (Lipinski definition) is 2. The summed E-state index contributed by atoms with van der Waals surface area (Å²) < 4.78 is 26.7. The van der Waals surface area contributed by atoms with Crippen LogP contribution >= 0.6 is 0 Å². The van der Waals surface area contributed by atoms with E-state index in [0.717, 1.165) is 0 Å². The Morgan fingerprint density at radius 2 is 2.19 bits per heavy atom. The van der Waals surface area contributed by atoms with Crippen LogP contribution in [-0.4, -0.2) is 25.5 Å². The average Bonchev–Trinajstić information content (AvgIpc) is 2.86. The molecule has 0 saturated heterocycles. The van der Waals surface area contributed by atoms with E-state index >= 15 is 0 Å². The van der Waals surface area contributed by atoms with Crippen LogP contribution in [0.4, 0.5) is 0 Å². The van der Waals surface area contributed by atoms with Crippen molar-refractivity contribution in [1.82, 2.24) is 4.72 Å². The fourth-order valence-electron chi connectivity index (χ4n) is 2.56. The maximum absolute atomic E-state index is 12.1. The normalized spacial score (nSPS) is 21.9. The monoisotopic (exact) mass is 308 g/mol. The van der Waals surface area contributed by atoms with E-state index in [9.17, 15) is 13.2 Å². The second kappa shape index (κ2) is 6.24. The summed E-state index contributed by atoms with van der Waals surface area (Å²) in [6.07, 6.45) is 1.35. The molecule has 0 aliphatic heterocycles. The van der Waals surface area contributed by atoms with E-state index in [4.69, 9.17) is 10.4 Å². The molecule has 1 aromatic carbocycles. The van der Waals surface area contributed by atoms with Crippen LogP contribution in [0.3, 0.4) is 0 Å². The first-order valence-electron chi connectivity index (χ1n) is 6.61. The summed E-state index contributed by atoms with van der Waals surface area (Å²) in [5, 5.41) is 17.7. The minimum absolute atomic E-state index is 0.212. The van der Waals surface area contributed by atoms with Gasteiger partial charge >= 0.3 is 5.97 Å². The van der Waals surface area contributed by atoms with Gasteiger partial charge in [0.05, 0.1) is 23.3 Å². The summed E-state index contributed by atoms with van der Waals surface area (Å²) in [7, 11) is -3.54. The molecule has 0 aromatic heterocycles. The molecule has 1 aliphatic carbocycles. The highest BCUT2D eigenvalue weighted by molar-refractivity contribution is 7.88. The average molecular weight is 308 g/mol. The van der Waals surface area contributed by atoms with Crippen molar-refractivity contribution in [1.29, 1.82) is 5.26 Å². The molecule has 2 atom stereocenters. The lowest BCUT2D eigenvalue weighted by Crippen LogP contribution is -2.34. The van der Waals surface area contributed by atoms with Crippen LogP contribution in [0, 0.1) is 17.2 Å². The number of nitrogens with zero attached hydrogens (tertiary/aromatic N) is 1. The molecule has 21 heavy (non-hydrogen) atoms. The van der Waals surface area contributed by atoms with E-state index in [-0.39, 0.29) is 11.8 Å². The van der Waals surface area contributed by atoms with Crippen LogP contribution in [-0.2, 0) is 20.6 Å². The van der Waals surface area contributed by atoms with Crippen LogP contribution in [0.2, 0.25) is 0 Å². The number of carboxylic acid groups (broad SMARTS) is 1. The number of nitriles is 1. The fraction of sp³-hybridized carbons (Fsp3) is 0.429. The van der Waals surface area contributed by atoms with Crippen molar-refractivity contribution in [3.63, 3.8) is 0 Å². The van der Waals surface area contributed by atoms with Crippen LogP contribution in [0.15, 0.2) is 24.3 Å². The molecule has 6 nitrogen and oxygen atoms in total. The maximum atomic E-state index is 12.1. The van der Waals surface area contributed by atoms with Gasteiger partial charge in [-0.1, -0.05) is 12.1 Å². The Labute approximate surface area is 123 Å². The number of benzene rings is 1. The molecule has 0 heterocycles. The van der Waals surface area contributed by atoms with Gasteiger partial charge in [0.2, 0.25) is 10.0 Å². The van der Waals surface area contributed by atoms with Crippen molar-refractivity contribution in [2.45, 2.75) is 31.1 Å². The van der Waals surface area contributed by atoms with Gasteiger partial charge in [-0.3, -0.25) is 4.79 Å². The number of nitrogens with one attached hydrogen (secondary N) is 1. The van der Waals surface area contributed by atoms with E-state index < -0.39 is 21.9 Å². The highest BCUT2D eigenvalue weighted by Crippen LogP contribution is 2.26. The molecule has 2 N–H and O–H groups in total. The molecule has 2 rings (SSSR count). The number of hydrogen-bond acceptors (Lipinski definition) is 4. The lowest BCUT2D eigenvalue weighted by Gasteiger charge is -2.13. The highest BCUT2D eigenvalue weighted by atomic mass is 32.2. The molecule has 1 aromatic rings. The Kier molecular flexibility index (Phi) is 4.60. The van der Waals surface area contributed by atoms with Crippen molar-refractivity contribution in [3.05, 3.63) is 35.4 Å². The van der Waals surface area contributed by atoms with E-state index in [1.807, 2.05) is 6.07 Å². The Morgan fingerprint density at radius 3 is 2.81 bits per heavy atom. The van der Waals surface area contributed by atoms with Crippen molar-refractivity contribution in [2.75, 3.05) is 0 Å². The first-order valence-corrected chi connectivity index (χ1v) is 8.26. The molecule has 2 unspecified atom stereocenters. The minimum atomic E-state index is -3.54. The highest BCUT2D eigenvalue weighted by Gasteiger charge is 2.31. The molecule has 0 radical (unpaired) electrons. The van der Waals surface area contributed by atoms with E-state index in [0.29, 0.717) is 30.4 Å². The van der Waals surface area contributed by atoms with Crippen molar-refractivity contribution in [3.8, 4) is 6.07 Å². The molecule has 0 bridgehead atoms. The van der Waals surface area contributed by atoms with E-state index in [1.54, 1.807) is 18.2 Å². The third-order valence-corrected chi connectivity index (χ3v) is 4.95. The summed E-state index contributed by atoms with van der Waals surface area (Å²) in [6.45, 7) is 0. The van der Waals surface area contributed by atoms with Gasteiger partial charge in [-0.05, 0) is 37.0 Å². The first kappa shape index (κ1) is 15.5. The van der Waals surface area contributed by atoms with Crippen molar-refractivity contribution < 1.29 is 18.3 Å². The number of rotatable bonds is 5. The molecule has 0 spiro atoms. The summed E-state index contributed by atoms with van der Waals surface area (Å²) in [6, 6.07) is 8.07. The molecule has 1 aliphatic rings. The van der Waals surface area contributed by atoms with E-state index in [1.165, 1.54) is 6.07 Å². The van der Waals surface area contributed by atoms with Gasteiger partial charge < -0.3 is 5.11 Å². The summed E-state index contributed by atoms with van der Waals surface area (Å²) in [5.41, 5.74) is 0.948. The van der Waals surface area contributed by atoms with Crippen molar-refractivity contribution >= 4 is 16.0 Å². The molecule has 0 amide bonds. The third-order valence-electron chi connectivity index (χ3n) is 3.54. The zero-order chi connectivity index (χ0) is 15.5. The van der Waals surface area contributed by atoms with Crippen LogP contribution in [0.5, 0.6) is 0 Å². The third kappa shape index (κ3) is 4.28. The van der Waals surface area contributed by atoms with Crippen molar-refractivity contribution in [2.24, 2.45) is 5.92 Å². The lowest BCUT2D eigenvalue weighted by atomic mass is 10.1. The molecule has 112 valence electrons. The zero-order valence-corrected chi connectivity index (χ0v) is 12.1. The predicted octanol–water partition coefficient (Wildman–Crippen LogP) is 1.23. The summed E-state index contributed by atoms with van der Waals surface area (Å²) >= 11 is 0. The molecule has 7 heteroatoms. The van der Waals surface area contributed by atoms with Gasteiger partial charge in [-0.15, -0.1) is 0 Å². The van der Waals surface area contributed by atoms with Gasteiger partial charge in [-0.25, -0.2) is 13.1 Å². The molecular weight excluding hydrogens is 292 g/mol. The topological polar surface area (TPSA) is 107 Å². The minimum Gasteiger partial charge on any atom is -0.481 e. The Morgan fingerprint density at radius 1 is 1.43 bits per heavy atom. The summed E-state index contributed by atoms with van der Waals surface area (Å²) in [4.78, 5) is 10.9. The van der Waals surface area contributed by atoms with Gasteiger partial charge in [0.15, 0.2) is 0 Å². The van der Waals surface area contributed by atoms with E-state index in [2.05, 4.69) is 4.72 Å². The fourth-order valence-corrected chi connectivity index (χ4v) is 3.98. The molecular formula is C14H16N2O4S. The number of aliphatic carboxylic acids is 1. The standard InChI is InChI=1S/C14H16N2O4S/c15-8-10-2-1-3-11(6-10)9-21(19,20)16-13-5-4-12(7-13)14(17)18/h1-3,6,12-13,16H,4-5,7,9H2,(H,17,18). The zero-order valence-electron chi connectivity index (χ0n) is 11.3. The largest absolute Gasteiger partial charge is 0.481 e. The second-order valence-corrected chi connectivity index (χ2v) is 6.99. The van der Waals surface area contributed by atoms with Crippen LogP contribution in [0.25, 0.3) is 0 Å². The number of sulfonamides is 1. The lowest BCUT2D eigenvalue weighted by molar-refractivity contribution is -0.141. The Hall–Kier alpha value is -1.91. The van der Waals surface area contributed by atoms with Gasteiger partial charge in [0, 0.05) is 6.04 Å². The number of carboxylic acids is 1. The van der Waals surface area contributed by atoms with Crippen LogP contribution < -0.4 is 4.72 Å². The number of carbonyl (C=O) groups is 1. The smallest absolute Gasteiger partial charge is 0.306 e. The van der Waals surface area contributed by atoms with Crippen LogP contribution in [0.1, 0.15) is 30.4 Å².